The van der Waals surface area contributed by atoms with Gasteiger partial charge in [-0.15, -0.1) is 0 Å². The molecule has 0 unspecified atom stereocenters. The molecule has 0 spiro atoms. The summed E-state index contributed by atoms with van der Waals surface area (Å²) >= 11 is 0. The largest absolute Gasteiger partial charge is 0.497 e. The van der Waals surface area contributed by atoms with Gasteiger partial charge in [0.2, 0.25) is 6.41 Å². The maximum absolute atomic E-state index is 11.9. The molecule has 0 saturated carbocycles. The van der Waals surface area contributed by atoms with E-state index < -0.39 is 5.91 Å². The van der Waals surface area contributed by atoms with Crippen LogP contribution in [0.25, 0.3) is 0 Å². The third-order valence-corrected chi connectivity index (χ3v) is 2.68. The van der Waals surface area contributed by atoms with E-state index in [1.165, 1.54) is 6.20 Å². The summed E-state index contributed by atoms with van der Waals surface area (Å²) in [4.78, 5) is 22.0. The molecule has 2 amide bonds. The van der Waals surface area contributed by atoms with E-state index >= 15 is 0 Å². The Bertz CT molecular complexity index is 561. The van der Waals surface area contributed by atoms with Crippen molar-refractivity contribution in [1.82, 2.24) is 10.6 Å². The van der Waals surface area contributed by atoms with Crippen LogP contribution in [-0.4, -0.2) is 32.5 Å². The number of carbonyl (C=O) groups is 2. The van der Waals surface area contributed by atoms with E-state index in [0.29, 0.717) is 37.4 Å². The van der Waals surface area contributed by atoms with Crippen molar-refractivity contribution >= 4 is 18.0 Å². The first-order valence-electron chi connectivity index (χ1n) is 6.67. The summed E-state index contributed by atoms with van der Waals surface area (Å²) in [6, 6.07) is 8.63. The maximum atomic E-state index is 11.9. The summed E-state index contributed by atoms with van der Waals surface area (Å²) in [7, 11) is 1.56. The molecule has 1 aromatic rings. The first kappa shape index (κ1) is 17.0. The number of carbonyl (C=O) groups excluding carboxylic acids is 2. The minimum Gasteiger partial charge on any atom is -0.497 e. The zero-order valence-corrected chi connectivity index (χ0v) is 12.3. The highest BCUT2D eigenvalue weighted by Crippen LogP contribution is 2.15. The van der Waals surface area contributed by atoms with Gasteiger partial charge in [0.1, 0.15) is 17.4 Å². The summed E-state index contributed by atoms with van der Waals surface area (Å²) in [5.74, 6) is 0.186. The zero-order chi connectivity index (χ0) is 16.2. The van der Waals surface area contributed by atoms with Crippen LogP contribution in [-0.2, 0) is 9.59 Å². The Morgan fingerprint density at radius 1 is 1.27 bits per heavy atom. The van der Waals surface area contributed by atoms with Crippen molar-refractivity contribution in [3.63, 3.8) is 0 Å². The highest BCUT2D eigenvalue weighted by Gasteiger charge is 2.08. The minimum atomic E-state index is -0.494. The van der Waals surface area contributed by atoms with E-state index in [2.05, 4.69) is 16.0 Å². The third kappa shape index (κ3) is 5.96. The van der Waals surface area contributed by atoms with Gasteiger partial charge < -0.3 is 20.7 Å². The second kappa shape index (κ2) is 9.83. The molecule has 0 saturated heterocycles. The predicted molar refractivity (Wildman–Crippen MR) is 82.0 cm³/mol. The lowest BCUT2D eigenvalue weighted by Crippen LogP contribution is -2.20. The fourth-order valence-corrected chi connectivity index (χ4v) is 1.55. The van der Waals surface area contributed by atoms with E-state index in [4.69, 9.17) is 10.00 Å². The van der Waals surface area contributed by atoms with Crippen molar-refractivity contribution < 1.29 is 14.3 Å². The number of benzene rings is 1. The Kier molecular flexibility index (Phi) is 7.61. The van der Waals surface area contributed by atoms with Gasteiger partial charge in [-0.25, -0.2) is 0 Å². The number of nitrogens with one attached hydrogen (secondary N) is 3. The normalized spacial score (nSPS) is 10.3. The van der Waals surface area contributed by atoms with E-state index in [9.17, 15) is 9.59 Å². The van der Waals surface area contributed by atoms with Crippen molar-refractivity contribution in [3.05, 3.63) is 36.0 Å². The smallest absolute Gasteiger partial charge is 0.267 e. The van der Waals surface area contributed by atoms with Gasteiger partial charge in [0.25, 0.3) is 5.91 Å². The molecule has 0 aromatic heterocycles. The lowest BCUT2D eigenvalue weighted by Gasteiger charge is -2.06. The average Bonchev–Trinajstić information content (AvgIpc) is 2.55. The number of nitrogens with zero attached hydrogens (tertiary/aromatic N) is 1. The Balaban J connectivity index is 2.49. The highest BCUT2D eigenvalue weighted by atomic mass is 16.5. The maximum Gasteiger partial charge on any atom is 0.267 e. The number of methoxy groups -OCH3 is 1. The summed E-state index contributed by atoms with van der Waals surface area (Å²) in [6.45, 7) is 1.08. The third-order valence-electron chi connectivity index (χ3n) is 2.68. The summed E-state index contributed by atoms with van der Waals surface area (Å²) in [5, 5.41) is 17.0. The first-order valence-corrected chi connectivity index (χ1v) is 6.67. The predicted octanol–water partition coefficient (Wildman–Crippen LogP) is 0.767. The number of nitriles is 1. The lowest BCUT2D eigenvalue weighted by molar-refractivity contribution is -0.112. The topological polar surface area (TPSA) is 103 Å². The van der Waals surface area contributed by atoms with Gasteiger partial charge in [-0.1, -0.05) is 0 Å². The van der Waals surface area contributed by atoms with Gasteiger partial charge in [-0.05, 0) is 30.7 Å². The molecule has 1 aromatic carbocycles. The monoisotopic (exact) mass is 302 g/mol. The van der Waals surface area contributed by atoms with E-state index in [1.54, 1.807) is 31.4 Å². The van der Waals surface area contributed by atoms with Crippen LogP contribution in [0.2, 0.25) is 0 Å². The molecule has 116 valence electrons. The van der Waals surface area contributed by atoms with E-state index in [-0.39, 0.29) is 5.57 Å². The average molecular weight is 302 g/mol. The van der Waals surface area contributed by atoms with Crippen LogP contribution in [0.5, 0.6) is 5.75 Å². The number of amides is 2. The summed E-state index contributed by atoms with van der Waals surface area (Å²) in [5.41, 5.74) is 0.543. The SMILES string of the molecule is COc1ccc(NC(=O)/C(C#N)=C\NCCCNC=O)cc1. The van der Waals surface area contributed by atoms with Crippen molar-refractivity contribution in [2.75, 3.05) is 25.5 Å². The molecule has 3 N–H and O–H groups in total. The van der Waals surface area contributed by atoms with Crippen LogP contribution in [0.15, 0.2) is 36.0 Å². The summed E-state index contributed by atoms with van der Waals surface area (Å²) in [6.07, 6.45) is 2.67. The molecule has 0 aliphatic rings. The quantitative estimate of drug-likeness (QED) is 0.270. The molecule has 0 aliphatic carbocycles. The Hall–Kier alpha value is -3.01. The second-order valence-corrected chi connectivity index (χ2v) is 4.23. The molecule has 0 heterocycles. The lowest BCUT2D eigenvalue weighted by atomic mass is 10.2. The molecular weight excluding hydrogens is 284 g/mol. The van der Waals surface area contributed by atoms with Crippen LogP contribution < -0.4 is 20.7 Å². The zero-order valence-electron chi connectivity index (χ0n) is 12.3. The van der Waals surface area contributed by atoms with Crippen molar-refractivity contribution in [1.29, 1.82) is 5.26 Å². The number of hydrogen-bond donors (Lipinski definition) is 3. The number of rotatable bonds is 9. The number of anilines is 1. The van der Waals surface area contributed by atoms with Crippen molar-refractivity contribution in [3.8, 4) is 11.8 Å². The van der Waals surface area contributed by atoms with Gasteiger partial charge in [0.05, 0.1) is 7.11 Å². The molecule has 7 nitrogen and oxygen atoms in total. The molecule has 0 aliphatic heterocycles. The Morgan fingerprint density at radius 2 is 1.95 bits per heavy atom. The number of ether oxygens (including phenoxy) is 1. The van der Waals surface area contributed by atoms with Crippen molar-refractivity contribution in [2.24, 2.45) is 0 Å². The van der Waals surface area contributed by atoms with E-state index in [1.807, 2.05) is 6.07 Å². The number of hydrogen-bond acceptors (Lipinski definition) is 5. The molecule has 0 atom stereocenters. The Labute approximate surface area is 129 Å². The van der Waals surface area contributed by atoms with Crippen LogP contribution in [0, 0.1) is 11.3 Å². The first-order chi connectivity index (χ1) is 10.7. The molecule has 0 fully saturated rings. The van der Waals surface area contributed by atoms with Crippen LogP contribution in [0.4, 0.5) is 5.69 Å². The van der Waals surface area contributed by atoms with Crippen LogP contribution in [0.1, 0.15) is 6.42 Å². The van der Waals surface area contributed by atoms with E-state index in [0.717, 1.165) is 0 Å². The fraction of sp³-hybridized carbons (Fsp3) is 0.267. The standard InChI is InChI=1S/C15H18N4O3/c1-22-14-5-3-13(4-6-14)19-15(21)12(9-16)10-17-7-2-8-18-11-20/h3-6,10-11,17H,2,7-8H2,1H3,(H,18,20)(H,19,21)/b12-10-. The fourth-order valence-electron chi connectivity index (χ4n) is 1.55. The second-order valence-electron chi connectivity index (χ2n) is 4.23. The van der Waals surface area contributed by atoms with Crippen molar-refractivity contribution in [2.45, 2.75) is 6.42 Å². The Morgan fingerprint density at radius 3 is 2.55 bits per heavy atom. The molecule has 1 rings (SSSR count). The molecule has 22 heavy (non-hydrogen) atoms. The van der Waals surface area contributed by atoms with Gasteiger partial charge in [-0.2, -0.15) is 5.26 Å². The molecule has 7 heteroatoms. The molecule has 0 bridgehead atoms. The molecular formula is C15H18N4O3. The van der Waals surface area contributed by atoms with Gasteiger partial charge in [0, 0.05) is 25.0 Å². The summed E-state index contributed by atoms with van der Waals surface area (Å²) < 4.78 is 5.02. The van der Waals surface area contributed by atoms with Crippen LogP contribution >= 0.6 is 0 Å². The molecule has 0 radical (unpaired) electrons. The van der Waals surface area contributed by atoms with Crippen LogP contribution in [0.3, 0.4) is 0 Å². The highest BCUT2D eigenvalue weighted by molar-refractivity contribution is 6.06. The van der Waals surface area contributed by atoms with Gasteiger partial charge in [0.15, 0.2) is 0 Å². The minimum absolute atomic E-state index is 0.0286. The van der Waals surface area contributed by atoms with Gasteiger partial charge in [-0.3, -0.25) is 9.59 Å². The van der Waals surface area contributed by atoms with Gasteiger partial charge >= 0.3 is 0 Å².